The quantitative estimate of drug-likeness (QED) is 0.594. The largest absolute Gasteiger partial charge is 0.492 e. The average Bonchev–Trinajstić information content (AvgIpc) is 2.61. The predicted molar refractivity (Wildman–Crippen MR) is 101 cm³/mol. The molecule has 0 fully saturated rings. The first-order valence-corrected chi connectivity index (χ1v) is 10.1. The summed E-state index contributed by atoms with van der Waals surface area (Å²) in [6, 6.07) is 4.57. The second-order valence-corrected chi connectivity index (χ2v) is 7.44. The molecule has 148 valence electrons. The molecule has 1 atom stereocenters. The molecular weight excluding hydrogens is 358 g/mol. The number of benzene rings is 1. The molecular formula is C17H29N3O5S. The van der Waals surface area contributed by atoms with Gasteiger partial charge in [-0.1, -0.05) is 13.8 Å². The van der Waals surface area contributed by atoms with Gasteiger partial charge in [0.25, 0.3) is 0 Å². The van der Waals surface area contributed by atoms with E-state index in [1.807, 2.05) is 0 Å². The molecule has 0 spiro atoms. The Bertz CT molecular complexity index is 686. The van der Waals surface area contributed by atoms with Gasteiger partial charge in [-0.05, 0) is 25.1 Å². The fourth-order valence-corrected chi connectivity index (χ4v) is 4.06. The number of nitrogens with two attached hydrogens (primary N) is 1. The van der Waals surface area contributed by atoms with E-state index in [9.17, 15) is 13.2 Å². The van der Waals surface area contributed by atoms with E-state index in [0.29, 0.717) is 25.4 Å². The van der Waals surface area contributed by atoms with Gasteiger partial charge in [-0.25, -0.2) is 8.42 Å². The summed E-state index contributed by atoms with van der Waals surface area (Å²) >= 11 is 0. The monoisotopic (exact) mass is 387 g/mol. The highest BCUT2D eigenvalue weighted by atomic mass is 32.2. The van der Waals surface area contributed by atoms with Crippen molar-refractivity contribution in [1.82, 2.24) is 4.31 Å². The lowest BCUT2D eigenvalue weighted by molar-refractivity contribution is -0.118. The summed E-state index contributed by atoms with van der Waals surface area (Å²) in [6.07, 6.45) is -0.310. The molecule has 1 aromatic rings. The van der Waals surface area contributed by atoms with Crippen LogP contribution in [-0.2, 0) is 19.6 Å². The Morgan fingerprint density at radius 3 is 2.42 bits per heavy atom. The van der Waals surface area contributed by atoms with E-state index in [2.05, 4.69) is 5.32 Å². The number of rotatable bonds is 11. The average molecular weight is 388 g/mol. The minimum absolute atomic E-state index is 0.0305. The zero-order chi connectivity index (χ0) is 19.7. The summed E-state index contributed by atoms with van der Waals surface area (Å²) < 4.78 is 37.7. The number of carbonyl (C=O) groups excluding carboxylic acids is 1. The lowest BCUT2D eigenvalue weighted by atomic mass is 10.2. The predicted octanol–water partition coefficient (Wildman–Crippen LogP) is 1.42. The van der Waals surface area contributed by atoms with Gasteiger partial charge in [0.1, 0.15) is 10.6 Å². The summed E-state index contributed by atoms with van der Waals surface area (Å²) in [5.74, 6) is -0.0493. The fraction of sp³-hybridized carbons (Fsp3) is 0.588. The van der Waals surface area contributed by atoms with Gasteiger partial charge in [0.15, 0.2) is 0 Å². The molecule has 8 nitrogen and oxygen atoms in total. The van der Waals surface area contributed by atoms with E-state index in [0.717, 1.165) is 0 Å². The molecule has 0 saturated heterocycles. The van der Waals surface area contributed by atoms with Crippen LogP contribution in [-0.4, -0.2) is 58.1 Å². The van der Waals surface area contributed by atoms with Gasteiger partial charge in [-0.3, -0.25) is 4.79 Å². The Balaban J connectivity index is 3.17. The maximum absolute atomic E-state index is 12.9. The third kappa shape index (κ3) is 5.66. The Morgan fingerprint density at radius 1 is 1.27 bits per heavy atom. The fourth-order valence-electron chi connectivity index (χ4n) is 2.45. The van der Waals surface area contributed by atoms with Crippen molar-refractivity contribution in [3.8, 4) is 5.75 Å². The zero-order valence-electron chi connectivity index (χ0n) is 15.8. The van der Waals surface area contributed by atoms with Gasteiger partial charge in [-0.2, -0.15) is 4.31 Å². The first kappa shape index (κ1) is 22.4. The van der Waals surface area contributed by atoms with Gasteiger partial charge < -0.3 is 20.5 Å². The molecule has 26 heavy (non-hydrogen) atoms. The number of sulfonamides is 1. The van der Waals surface area contributed by atoms with Gasteiger partial charge in [0, 0.05) is 32.4 Å². The Hall–Kier alpha value is -1.68. The number of hydrogen-bond donors (Lipinski definition) is 2. The molecule has 0 aliphatic carbocycles. The van der Waals surface area contributed by atoms with Crippen molar-refractivity contribution in [1.29, 1.82) is 0 Å². The van der Waals surface area contributed by atoms with Gasteiger partial charge in [0.05, 0.1) is 19.1 Å². The van der Waals surface area contributed by atoms with Crippen LogP contribution in [0.1, 0.15) is 27.2 Å². The molecule has 3 N–H and O–H groups in total. The summed E-state index contributed by atoms with van der Waals surface area (Å²) in [5, 5.41) is 2.68. The molecule has 0 saturated carbocycles. The molecule has 1 aromatic carbocycles. The maximum atomic E-state index is 12.9. The first-order valence-electron chi connectivity index (χ1n) is 8.63. The van der Waals surface area contributed by atoms with Crippen molar-refractivity contribution in [2.24, 2.45) is 5.73 Å². The van der Waals surface area contributed by atoms with E-state index < -0.39 is 16.1 Å². The summed E-state index contributed by atoms with van der Waals surface area (Å²) in [5.41, 5.74) is 5.89. The van der Waals surface area contributed by atoms with Crippen molar-refractivity contribution < 1.29 is 22.7 Å². The van der Waals surface area contributed by atoms with E-state index in [4.69, 9.17) is 15.2 Å². The van der Waals surface area contributed by atoms with Crippen LogP contribution in [0, 0.1) is 0 Å². The molecule has 1 rings (SSSR count). The molecule has 1 unspecified atom stereocenters. The van der Waals surface area contributed by atoms with Crippen molar-refractivity contribution in [3.05, 3.63) is 18.2 Å². The number of carbonyl (C=O) groups is 1. The third-order valence-corrected chi connectivity index (χ3v) is 5.93. The Kier molecular flexibility index (Phi) is 9.00. The van der Waals surface area contributed by atoms with Crippen LogP contribution in [0.15, 0.2) is 23.1 Å². The van der Waals surface area contributed by atoms with Crippen LogP contribution in [0.5, 0.6) is 5.75 Å². The van der Waals surface area contributed by atoms with Crippen LogP contribution < -0.4 is 15.8 Å². The topological polar surface area (TPSA) is 111 Å². The van der Waals surface area contributed by atoms with Gasteiger partial charge in [0.2, 0.25) is 15.9 Å². The second kappa shape index (κ2) is 10.5. The van der Waals surface area contributed by atoms with E-state index in [-0.39, 0.29) is 29.5 Å². The van der Waals surface area contributed by atoms with Crippen molar-refractivity contribution in [3.63, 3.8) is 0 Å². The number of amides is 1. The van der Waals surface area contributed by atoms with Crippen LogP contribution >= 0.6 is 0 Å². The van der Waals surface area contributed by atoms with Crippen LogP contribution in [0.25, 0.3) is 0 Å². The molecule has 0 aromatic heterocycles. The zero-order valence-corrected chi connectivity index (χ0v) is 16.6. The smallest absolute Gasteiger partial charge is 0.246 e. The molecule has 0 aliphatic heterocycles. The van der Waals surface area contributed by atoms with Gasteiger partial charge in [-0.15, -0.1) is 0 Å². The number of methoxy groups -OCH3 is 1. The third-order valence-electron chi connectivity index (χ3n) is 3.86. The minimum atomic E-state index is -3.73. The number of hydrogen-bond acceptors (Lipinski definition) is 6. The van der Waals surface area contributed by atoms with Crippen LogP contribution in [0.4, 0.5) is 5.69 Å². The highest BCUT2D eigenvalue weighted by Gasteiger charge is 2.26. The number of nitrogens with zero attached hydrogens (tertiary/aromatic N) is 1. The maximum Gasteiger partial charge on any atom is 0.246 e. The lowest BCUT2D eigenvalue weighted by Gasteiger charge is -2.21. The minimum Gasteiger partial charge on any atom is -0.492 e. The highest BCUT2D eigenvalue weighted by Crippen LogP contribution is 2.30. The Labute approximate surface area is 155 Å². The van der Waals surface area contributed by atoms with Crippen molar-refractivity contribution in [2.75, 3.05) is 38.7 Å². The number of anilines is 1. The highest BCUT2D eigenvalue weighted by molar-refractivity contribution is 7.89. The van der Waals surface area contributed by atoms with Crippen molar-refractivity contribution in [2.45, 2.75) is 38.2 Å². The standard InChI is InChI=1S/C17H29N3O5S/c1-5-20(6-2)26(22,23)16-10-13(8-9-15(16)25-7-3)19-17(21)11-14(12-18)24-4/h8-10,14H,5-7,11-12,18H2,1-4H3,(H,19,21). The number of nitrogens with one attached hydrogen (secondary N) is 1. The summed E-state index contributed by atoms with van der Waals surface area (Å²) in [6.45, 7) is 6.55. The first-order chi connectivity index (χ1) is 12.3. The SMILES string of the molecule is CCOc1ccc(NC(=O)CC(CN)OC)cc1S(=O)(=O)N(CC)CC. The van der Waals surface area contributed by atoms with Crippen LogP contribution in [0.3, 0.4) is 0 Å². The summed E-state index contributed by atoms with van der Waals surface area (Å²) in [7, 11) is -2.25. The Morgan fingerprint density at radius 2 is 1.92 bits per heavy atom. The number of ether oxygens (including phenoxy) is 2. The van der Waals surface area contributed by atoms with E-state index >= 15 is 0 Å². The molecule has 9 heteroatoms. The molecule has 0 aliphatic rings. The normalized spacial score (nSPS) is 12.8. The molecule has 0 heterocycles. The second-order valence-electron chi connectivity index (χ2n) is 5.53. The molecule has 0 bridgehead atoms. The van der Waals surface area contributed by atoms with E-state index in [1.165, 1.54) is 17.5 Å². The van der Waals surface area contributed by atoms with Gasteiger partial charge >= 0.3 is 0 Å². The summed E-state index contributed by atoms with van der Waals surface area (Å²) in [4.78, 5) is 12.2. The van der Waals surface area contributed by atoms with Crippen LogP contribution in [0.2, 0.25) is 0 Å². The molecule has 1 amide bonds. The van der Waals surface area contributed by atoms with E-state index in [1.54, 1.807) is 32.9 Å². The van der Waals surface area contributed by atoms with Crippen molar-refractivity contribution >= 4 is 21.6 Å². The molecule has 0 radical (unpaired) electrons. The lowest BCUT2D eigenvalue weighted by Crippen LogP contribution is -2.31.